The van der Waals surface area contributed by atoms with E-state index in [-0.39, 0.29) is 0 Å². The lowest BCUT2D eigenvalue weighted by molar-refractivity contribution is 0.0755. The molecule has 31 heavy (non-hydrogen) atoms. The number of ether oxygens (including phenoxy) is 2. The Morgan fingerprint density at radius 3 is 2.52 bits per heavy atom. The minimum Gasteiger partial charge on any atom is -0.489 e. The SMILES string of the molecule is C=CCOc1cc(OCc2ccc3ccccc3c2)cc(C(O)(CC)c2nccs2)c1. The summed E-state index contributed by atoms with van der Waals surface area (Å²) in [4.78, 5) is 4.35. The number of rotatable bonds is 9. The van der Waals surface area contributed by atoms with Crippen molar-refractivity contribution in [2.24, 2.45) is 0 Å². The van der Waals surface area contributed by atoms with Gasteiger partial charge in [-0.15, -0.1) is 11.3 Å². The molecule has 0 saturated heterocycles. The third-order valence-electron chi connectivity index (χ3n) is 5.24. The van der Waals surface area contributed by atoms with Crippen LogP contribution < -0.4 is 9.47 Å². The second-order valence-electron chi connectivity index (χ2n) is 7.31. The molecule has 4 aromatic rings. The highest BCUT2D eigenvalue weighted by Crippen LogP contribution is 2.38. The maximum Gasteiger partial charge on any atom is 0.141 e. The molecule has 1 unspecified atom stereocenters. The fourth-order valence-corrected chi connectivity index (χ4v) is 4.36. The highest BCUT2D eigenvalue weighted by molar-refractivity contribution is 7.09. The van der Waals surface area contributed by atoms with Crippen LogP contribution in [-0.4, -0.2) is 16.7 Å². The second-order valence-corrected chi connectivity index (χ2v) is 8.21. The molecule has 0 amide bonds. The Morgan fingerprint density at radius 2 is 1.81 bits per heavy atom. The zero-order valence-electron chi connectivity index (χ0n) is 17.5. The number of thiazole rings is 1. The fourth-order valence-electron chi connectivity index (χ4n) is 3.53. The Kier molecular flexibility index (Phi) is 6.35. The predicted octanol–water partition coefficient (Wildman–Crippen LogP) is 6.09. The lowest BCUT2D eigenvalue weighted by Gasteiger charge is -2.26. The molecule has 1 heterocycles. The molecule has 1 atom stereocenters. The molecule has 0 bridgehead atoms. The highest BCUT2D eigenvalue weighted by atomic mass is 32.1. The van der Waals surface area contributed by atoms with Crippen LogP contribution in [0.2, 0.25) is 0 Å². The number of aromatic nitrogens is 1. The second kappa shape index (κ2) is 9.33. The zero-order valence-corrected chi connectivity index (χ0v) is 18.3. The van der Waals surface area contributed by atoms with E-state index in [1.54, 1.807) is 12.3 Å². The first-order valence-corrected chi connectivity index (χ1v) is 11.1. The molecule has 0 radical (unpaired) electrons. The Balaban J connectivity index is 1.64. The number of aliphatic hydroxyl groups is 1. The largest absolute Gasteiger partial charge is 0.489 e. The molecule has 4 rings (SSSR count). The van der Waals surface area contributed by atoms with Gasteiger partial charge in [-0.1, -0.05) is 56.0 Å². The number of fused-ring (bicyclic) bond motifs is 1. The maximum absolute atomic E-state index is 11.4. The van der Waals surface area contributed by atoms with E-state index in [1.165, 1.54) is 22.1 Å². The van der Waals surface area contributed by atoms with Gasteiger partial charge >= 0.3 is 0 Å². The number of hydrogen-bond acceptors (Lipinski definition) is 5. The first-order valence-electron chi connectivity index (χ1n) is 10.2. The van der Waals surface area contributed by atoms with Crippen LogP contribution in [0.25, 0.3) is 10.8 Å². The van der Waals surface area contributed by atoms with E-state index >= 15 is 0 Å². The van der Waals surface area contributed by atoms with Gasteiger partial charge in [0.25, 0.3) is 0 Å². The van der Waals surface area contributed by atoms with Crippen LogP contribution in [0.3, 0.4) is 0 Å². The van der Waals surface area contributed by atoms with Gasteiger partial charge in [0, 0.05) is 17.6 Å². The molecule has 4 nitrogen and oxygen atoms in total. The Bertz CT molecular complexity index is 1170. The van der Waals surface area contributed by atoms with Crippen molar-refractivity contribution < 1.29 is 14.6 Å². The van der Waals surface area contributed by atoms with E-state index in [9.17, 15) is 5.11 Å². The molecule has 0 aliphatic rings. The summed E-state index contributed by atoms with van der Waals surface area (Å²) in [6, 6.07) is 20.1. The standard InChI is InChI=1S/C26H25NO3S/c1-3-12-29-23-15-22(26(28,4-2)25-27-11-13-31-25)16-24(17-23)30-18-19-9-10-20-7-5-6-8-21(20)14-19/h3,5-11,13-17,28H,1,4,12,18H2,2H3. The molecular formula is C26H25NO3S. The van der Waals surface area contributed by atoms with Crippen LogP contribution in [0, 0.1) is 0 Å². The quantitative estimate of drug-likeness (QED) is 0.326. The lowest BCUT2D eigenvalue weighted by atomic mass is 9.91. The summed E-state index contributed by atoms with van der Waals surface area (Å²) in [6.45, 7) is 6.44. The van der Waals surface area contributed by atoms with Crippen molar-refractivity contribution in [3.05, 3.63) is 101 Å². The zero-order chi connectivity index (χ0) is 21.7. The number of nitrogens with zero attached hydrogens (tertiary/aromatic N) is 1. The van der Waals surface area contributed by atoms with Crippen LogP contribution in [-0.2, 0) is 12.2 Å². The monoisotopic (exact) mass is 431 g/mol. The Hall–Kier alpha value is -3.15. The Labute approximate surface area is 186 Å². The smallest absolute Gasteiger partial charge is 0.141 e. The van der Waals surface area contributed by atoms with Crippen LogP contribution >= 0.6 is 11.3 Å². The molecule has 5 heteroatoms. The van der Waals surface area contributed by atoms with Crippen molar-refractivity contribution >= 4 is 22.1 Å². The van der Waals surface area contributed by atoms with Crippen molar-refractivity contribution in [1.29, 1.82) is 0 Å². The molecule has 0 aliphatic heterocycles. The molecule has 158 valence electrons. The highest BCUT2D eigenvalue weighted by Gasteiger charge is 2.33. The van der Waals surface area contributed by atoms with E-state index < -0.39 is 5.60 Å². The Morgan fingerprint density at radius 1 is 1.03 bits per heavy atom. The van der Waals surface area contributed by atoms with Crippen LogP contribution in [0.4, 0.5) is 0 Å². The van der Waals surface area contributed by atoms with Gasteiger partial charge in [-0.05, 0) is 46.5 Å². The molecule has 1 aromatic heterocycles. The molecule has 0 saturated carbocycles. The fraction of sp³-hybridized carbons (Fsp3) is 0.192. The van der Waals surface area contributed by atoms with Gasteiger partial charge in [-0.2, -0.15) is 0 Å². The number of hydrogen-bond donors (Lipinski definition) is 1. The van der Waals surface area contributed by atoms with Crippen LogP contribution in [0.5, 0.6) is 11.5 Å². The van der Waals surface area contributed by atoms with Gasteiger partial charge in [0.15, 0.2) is 0 Å². The van der Waals surface area contributed by atoms with E-state index in [0.29, 0.717) is 41.7 Å². The minimum absolute atomic E-state index is 0.370. The summed E-state index contributed by atoms with van der Waals surface area (Å²) >= 11 is 1.43. The minimum atomic E-state index is -1.21. The molecule has 0 aliphatic carbocycles. The van der Waals surface area contributed by atoms with Gasteiger partial charge in [0.05, 0.1) is 0 Å². The van der Waals surface area contributed by atoms with E-state index in [1.807, 2.05) is 42.6 Å². The van der Waals surface area contributed by atoms with Gasteiger partial charge < -0.3 is 14.6 Å². The molecule has 3 aromatic carbocycles. The van der Waals surface area contributed by atoms with E-state index in [2.05, 4.69) is 41.9 Å². The van der Waals surface area contributed by atoms with Crippen molar-refractivity contribution in [2.45, 2.75) is 25.6 Å². The maximum atomic E-state index is 11.4. The third kappa shape index (κ3) is 4.63. The van der Waals surface area contributed by atoms with Crippen molar-refractivity contribution in [3.63, 3.8) is 0 Å². The summed E-state index contributed by atoms with van der Waals surface area (Å²) in [7, 11) is 0. The lowest BCUT2D eigenvalue weighted by Crippen LogP contribution is -2.26. The summed E-state index contributed by atoms with van der Waals surface area (Å²) in [6.07, 6.45) is 3.88. The van der Waals surface area contributed by atoms with Crippen LogP contribution in [0.1, 0.15) is 29.5 Å². The predicted molar refractivity (Wildman–Crippen MR) is 126 cm³/mol. The first kappa shape index (κ1) is 21.1. The van der Waals surface area contributed by atoms with Gasteiger partial charge in [0.2, 0.25) is 0 Å². The van der Waals surface area contributed by atoms with Gasteiger partial charge in [-0.25, -0.2) is 4.98 Å². The van der Waals surface area contributed by atoms with E-state index in [4.69, 9.17) is 9.47 Å². The molecule has 0 fully saturated rings. The summed E-state index contributed by atoms with van der Waals surface area (Å²) < 4.78 is 11.9. The molecule has 0 spiro atoms. The molecular weight excluding hydrogens is 406 g/mol. The first-order chi connectivity index (χ1) is 15.1. The molecule has 1 N–H and O–H groups in total. The third-order valence-corrected chi connectivity index (χ3v) is 6.17. The van der Waals surface area contributed by atoms with Gasteiger partial charge in [0.1, 0.15) is 35.3 Å². The van der Waals surface area contributed by atoms with Crippen molar-refractivity contribution in [1.82, 2.24) is 4.98 Å². The topological polar surface area (TPSA) is 51.6 Å². The average Bonchev–Trinajstić information content (AvgIpc) is 3.36. The van der Waals surface area contributed by atoms with Crippen LogP contribution in [0.15, 0.2) is 84.9 Å². The van der Waals surface area contributed by atoms with Crippen molar-refractivity contribution in [2.75, 3.05) is 6.61 Å². The van der Waals surface area contributed by atoms with Gasteiger partial charge in [-0.3, -0.25) is 0 Å². The summed E-state index contributed by atoms with van der Waals surface area (Å²) in [5.74, 6) is 1.25. The summed E-state index contributed by atoms with van der Waals surface area (Å²) in [5.41, 5.74) is 0.561. The number of benzene rings is 3. The average molecular weight is 432 g/mol. The van der Waals surface area contributed by atoms with E-state index in [0.717, 1.165) is 5.56 Å². The van der Waals surface area contributed by atoms with Crippen molar-refractivity contribution in [3.8, 4) is 11.5 Å². The summed E-state index contributed by atoms with van der Waals surface area (Å²) in [5, 5.41) is 16.3. The normalized spacial score (nSPS) is 13.0.